The molecule has 2 heterocycles. The first kappa shape index (κ1) is 14.3. The molecule has 104 valence electrons. The van der Waals surface area contributed by atoms with Gasteiger partial charge in [-0.1, -0.05) is 17.7 Å². The van der Waals surface area contributed by atoms with Crippen LogP contribution in [0, 0.1) is 12.8 Å². The number of primary amides is 1. The molecule has 1 saturated heterocycles. The average Bonchev–Trinajstić information content (AvgIpc) is 2.34. The van der Waals surface area contributed by atoms with Crippen LogP contribution in [-0.4, -0.2) is 28.4 Å². The fraction of sp³-hybridized carbons (Fsp3) is 0.571. The Kier molecular flexibility index (Phi) is 4.42. The number of piperidine rings is 1. The van der Waals surface area contributed by atoms with E-state index in [9.17, 15) is 4.79 Å². The predicted molar refractivity (Wildman–Crippen MR) is 75.8 cm³/mol. The second-order valence-electron chi connectivity index (χ2n) is 5.33. The van der Waals surface area contributed by atoms with Crippen LogP contribution in [0.3, 0.4) is 0 Å². The van der Waals surface area contributed by atoms with Crippen molar-refractivity contribution in [1.82, 2.24) is 9.88 Å². The number of amides is 1. The zero-order valence-electron chi connectivity index (χ0n) is 11.4. The fourth-order valence-electron chi connectivity index (χ4n) is 2.58. The molecule has 0 bridgehead atoms. The quantitative estimate of drug-likeness (QED) is 0.864. The number of nitrogens with zero attached hydrogens (tertiary/aromatic N) is 2. The fourth-order valence-corrected chi connectivity index (χ4v) is 2.77. The monoisotopic (exact) mass is 281 g/mol. The van der Waals surface area contributed by atoms with E-state index in [4.69, 9.17) is 17.3 Å². The third kappa shape index (κ3) is 3.45. The molecule has 1 fully saturated rings. The summed E-state index contributed by atoms with van der Waals surface area (Å²) in [7, 11) is 0. The maximum atomic E-state index is 11.3. The van der Waals surface area contributed by atoms with E-state index < -0.39 is 0 Å². The molecular weight excluding hydrogens is 262 g/mol. The van der Waals surface area contributed by atoms with Crippen LogP contribution in [0.25, 0.3) is 0 Å². The van der Waals surface area contributed by atoms with Crippen LogP contribution in [0.15, 0.2) is 12.1 Å². The van der Waals surface area contributed by atoms with Crippen molar-refractivity contribution in [3.05, 3.63) is 28.5 Å². The van der Waals surface area contributed by atoms with Crippen molar-refractivity contribution >= 4 is 17.5 Å². The number of halogens is 1. The average molecular weight is 282 g/mol. The maximum Gasteiger partial charge on any atom is 0.221 e. The molecule has 2 N–H and O–H groups in total. The Morgan fingerprint density at radius 2 is 2.26 bits per heavy atom. The third-order valence-electron chi connectivity index (χ3n) is 3.95. The highest BCUT2D eigenvalue weighted by Crippen LogP contribution is 2.24. The Bertz CT molecular complexity index is 478. The van der Waals surface area contributed by atoms with Gasteiger partial charge in [0.05, 0.1) is 5.92 Å². The first-order chi connectivity index (χ1) is 8.97. The normalized spacial score (nSPS) is 24.4. The van der Waals surface area contributed by atoms with Gasteiger partial charge in [0.25, 0.3) is 0 Å². The molecule has 0 spiro atoms. The van der Waals surface area contributed by atoms with Gasteiger partial charge in [0.2, 0.25) is 5.91 Å². The van der Waals surface area contributed by atoms with E-state index in [1.807, 2.05) is 19.1 Å². The molecule has 1 aromatic rings. The molecule has 19 heavy (non-hydrogen) atoms. The second kappa shape index (κ2) is 5.88. The summed E-state index contributed by atoms with van der Waals surface area (Å²) in [5.74, 6) is -0.223. The zero-order valence-corrected chi connectivity index (χ0v) is 12.2. The minimum absolute atomic E-state index is 0.0308. The van der Waals surface area contributed by atoms with E-state index in [0.29, 0.717) is 11.2 Å². The SMILES string of the molecule is Cc1nc(Cl)ccc1CN1C[C@@H](C(N)=O)CC[C@@H]1C. The highest BCUT2D eigenvalue weighted by molar-refractivity contribution is 6.29. The summed E-state index contributed by atoms with van der Waals surface area (Å²) in [6.07, 6.45) is 1.90. The van der Waals surface area contributed by atoms with E-state index in [2.05, 4.69) is 16.8 Å². The van der Waals surface area contributed by atoms with Gasteiger partial charge in [-0.25, -0.2) is 4.98 Å². The van der Waals surface area contributed by atoms with Crippen molar-refractivity contribution in [2.75, 3.05) is 6.54 Å². The number of nitrogens with two attached hydrogens (primary N) is 1. The number of carbonyl (C=O) groups excluding carboxylic acids is 1. The van der Waals surface area contributed by atoms with Crippen LogP contribution in [0.5, 0.6) is 0 Å². The summed E-state index contributed by atoms with van der Waals surface area (Å²) in [4.78, 5) is 17.9. The Hall–Kier alpha value is -1.13. The van der Waals surface area contributed by atoms with E-state index in [1.165, 1.54) is 0 Å². The Balaban J connectivity index is 2.09. The van der Waals surface area contributed by atoms with Crippen LogP contribution in [0.1, 0.15) is 31.0 Å². The largest absolute Gasteiger partial charge is 0.369 e. The van der Waals surface area contributed by atoms with Crippen molar-refractivity contribution in [2.24, 2.45) is 11.7 Å². The first-order valence-corrected chi connectivity index (χ1v) is 7.00. The molecule has 1 aliphatic heterocycles. The van der Waals surface area contributed by atoms with Gasteiger partial charge in [0.15, 0.2) is 0 Å². The first-order valence-electron chi connectivity index (χ1n) is 6.62. The van der Waals surface area contributed by atoms with Gasteiger partial charge in [0, 0.05) is 24.8 Å². The molecule has 1 aliphatic rings. The summed E-state index contributed by atoms with van der Waals surface area (Å²) < 4.78 is 0. The van der Waals surface area contributed by atoms with E-state index >= 15 is 0 Å². The van der Waals surface area contributed by atoms with Crippen molar-refractivity contribution in [1.29, 1.82) is 0 Å². The lowest BCUT2D eigenvalue weighted by Crippen LogP contribution is -2.45. The molecule has 5 heteroatoms. The number of hydrogen-bond acceptors (Lipinski definition) is 3. The topological polar surface area (TPSA) is 59.2 Å². The van der Waals surface area contributed by atoms with Crippen molar-refractivity contribution in [3.8, 4) is 0 Å². The third-order valence-corrected chi connectivity index (χ3v) is 4.16. The van der Waals surface area contributed by atoms with Crippen molar-refractivity contribution in [3.63, 3.8) is 0 Å². The van der Waals surface area contributed by atoms with Gasteiger partial charge in [0.1, 0.15) is 5.15 Å². The number of aryl methyl sites for hydroxylation is 1. The van der Waals surface area contributed by atoms with Gasteiger partial charge in [-0.2, -0.15) is 0 Å². The molecule has 1 aromatic heterocycles. The second-order valence-corrected chi connectivity index (χ2v) is 5.72. The predicted octanol–water partition coefficient (Wildman–Crippen LogP) is 2.13. The van der Waals surface area contributed by atoms with Crippen LogP contribution in [0.4, 0.5) is 0 Å². The summed E-state index contributed by atoms with van der Waals surface area (Å²) in [5, 5.41) is 0.517. The smallest absolute Gasteiger partial charge is 0.221 e. The lowest BCUT2D eigenvalue weighted by atomic mass is 9.92. The molecule has 2 atom stereocenters. The van der Waals surface area contributed by atoms with E-state index in [-0.39, 0.29) is 11.8 Å². The van der Waals surface area contributed by atoms with Gasteiger partial charge in [-0.05, 0) is 38.3 Å². The maximum absolute atomic E-state index is 11.3. The summed E-state index contributed by atoms with van der Waals surface area (Å²) in [6, 6.07) is 4.28. The zero-order chi connectivity index (χ0) is 14.0. The van der Waals surface area contributed by atoms with Crippen LogP contribution in [-0.2, 0) is 11.3 Å². The lowest BCUT2D eigenvalue weighted by molar-refractivity contribution is -0.124. The Labute approximate surface area is 118 Å². The number of likely N-dealkylation sites (tertiary alicyclic amines) is 1. The Morgan fingerprint density at radius 1 is 1.53 bits per heavy atom. The molecule has 0 saturated carbocycles. The molecule has 4 nitrogen and oxygen atoms in total. The van der Waals surface area contributed by atoms with Crippen LogP contribution >= 0.6 is 11.6 Å². The molecule has 0 unspecified atom stereocenters. The summed E-state index contributed by atoms with van der Waals surface area (Å²) in [6.45, 7) is 5.68. The molecule has 2 rings (SSSR count). The molecule has 0 radical (unpaired) electrons. The number of hydrogen-bond donors (Lipinski definition) is 1. The molecule has 0 aliphatic carbocycles. The van der Waals surface area contributed by atoms with Gasteiger partial charge in [-0.15, -0.1) is 0 Å². The molecule has 0 aromatic carbocycles. The van der Waals surface area contributed by atoms with Crippen LogP contribution in [0.2, 0.25) is 5.15 Å². The van der Waals surface area contributed by atoms with Crippen molar-refractivity contribution in [2.45, 2.75) is 39.3 Å². The van der Waals surface area contributed by atoms with Crippen molar-refractivity contribution < 1.29 is 4.79 Å². The Morgan fingerprint density at radius 3 is 2.89 bits per heavy atom. The van der Waals surface area contributed by atoms with E-state index in [1.54, 1.807) is 0 Å². The number of rotatable bonds is 3. The summed E-state index contributed by atoms with van der Waals surface area (Å²) >= 11 is 5.87. The minimum Gasteiger partial charge on any atom is -0.369 e. The highest BCUT2D eigenvalue weighted by atomic mass is 35.5. The highest BCUT2D eigenvalue weighted by Gasteiger charge is 2.28. The molecular formula is C14H20ClN3O. The number of aromatic nitrogens is 1. The van der Waals surface area contributed by atoms with E-state index in [0.717, 1.165) is 37.2 Å². The lowest BCUT2D eigenvalue weighted by Gasteiger charge is -2.37. The summed E-state index contributed by atoms with van der Waals surface area (Å²) in [5.41, 5.74) is 7.52. The standard InChI is InChI=1S/C14H20ClN3O/c1-9-3-4-12(14(16)19)8-18(9)7-11-5-6-13(15)17-10(11)2/h5-6,9,12H,3-4,7-8H2,1-2H3,(H2,16,19)/t9-,12-/m0/s1. The number of carbonyl (C=O) groups is 1. The molecule has 1 amide bonds. The van der Waals surface area contributed by atoms with Gasteiger partial charge >= 0.3 is 0 Å². The minimum atomic E-state index is -0.192. The number of pyridine rings is 1. The van der Waals surface area contributed by atoms with Crippen LogP contribution < -0.4 is 5.73 Å². The van der Waals surface area contributed by atoms with Gasteiger partial charge < -0.3 is 5.73 Å². The van der Waals surface area contributed by atoms with Gasteiger partial charge in [-0.3, -0.25) is 9.69 Å².